The van der Waals surface area contributed by atoms with Gasteiger partial charge < -0.3 is 15.3 Å². The SMILES string of the molecule is N#Cc1cc(N)oc1C(=O)O. The molecule has 1 rings (SSSR count). The van der Waals surface area contributed by atoms with Gasteiger partial charge in [-0.2, -0.15) is 5.26 Å². The van der Waals surface area contributed by atoms with Crippen LogP contribution in [0.5, 0.6) is 0 Å². The van der Waals surface area contributed by atoms with Crippen LogP contribution in [0.2, 0.25) is 0 Å². The fraction of sp³-hybridized carbons (Fsp3) is 0. The van der Waals surface area contributed by atoms with Crippen LogP contribution in [-0.4, -0.2) is 11.1 Å². The molecule has 0 unspecified atom stereocenters. The summed E-state index contributed by atoms with van der Waals surface area (Å²) >= 11 is 0. The van der Waals surface area contributed by atoms with Crippen LogP contribution >= 0.6 is 0 Å². The van der Waals surface area contributed by atoms with E-state index in [-0.39, 0.29) is 11.4 Å². The number of furan rings is 1. The summed E-state index contributed by atoms with van der Waals surface area (Å²) in [4.78, 5) is 10.3. The Morgan fingerprint density at radius 1 is 1.82 bits per heavy atom. The van der Waals surface area contributed by atoms with E-state index in [4.69, 9.17) is 16.1 Å². The average molecular weight is 152 g/mol. The number of aromatic carboxylic acids is 1. The van der Waals surface area contributed by atoms with Gasteiger partial charge in [0, 0.05) is 6.07 Å². The Morgan fingerprint density at radius 2 is 2.45 bits per heavy atom. The molecule has 1 heterocycles. The van der Waals surface area contributed by atoms with Crippen molar-refractivity contribution in [2.75, 3.05) is 5.73 Å². The first kappa shape index (κ1) is 7.15. The van der Waals surface area contributed by atoms with Gasteiger partial charge in [-0.3, -0.25) is 0 Å². The van der Waals surface area contributed by atoms with Gasteiger partial charge in [-0.1, -0.05) is 0 Å². The van der Waals surface area contributed by atoms with Crippen LogP contribution in [0.1, 0.15) is 16.1 Å². The summed E-state index contributed by atoms with van der Waals surface area (Å²) in [5.74, 6) is -1.78. The van der Waals surface area contributed by atoms with Crippen molar-refractivity contribution < 1.29 is 14.3 Å². The maximum Gasteiger partial charge on any atom is 0.373 e. The van der Waals surface area contributed by atoms with Crippen molar-refractivity contribution in [1.29, 1.82) is 5.26 Å². The maximum absolute atomic E-state index is 10.3. The van der Waals surface area contributed by atoms with Crippen LogP contribution < -0.4 is 5.73 Å². The lowest BCUT2D eigenvalue weighted by molar-refractivity contribution is 0.0663. The Hall–Kier alpha value is -1.96. The second-order valence-corrected chi connectivity index (χ2v) is 1.81. The maximum atomic E-state index is 10.3. The van der Waals surface area contributed by atoms with E-state index in [0.717, 1.165) is 0 Å². The zero-order valence-corrected chi connectivity index (χ0v) is 5.37. The van der Waals surface area contributed by atoms with Gasteiger partial charge in [0.1, 0.15) is 11.6 Å². The number of hydrogen-bond donors (Lipinski definition) is 2. The number of carbonyl (C=O) groups is 1. The summed E-state index contributed by atoms with van der Waals surface area (Å²) in [6.07, 6.45) is 0. The summed E-state index contributed by atoms with van der Waals surface area (Å²) in [5.41, 5.74) is 5.05. The van der Waals surface area contributed by atoms with Crippen molar-refractivity contribution in [3.05, 3.63) is 17.4 Å². The molecule has 3 N–H and O–H groups in total. The first-order valence-corrected chi connectivity index (χ1v) is 2.68. The predicted octanol–water partition coefficient (Wildman–Crippen LogP) is 0.432. The molecule has 1 aromatic rings. The third-order valence-corrected chi connectivity index (χ3v) is 1.07. The van der Waals surface area contributed by atoms with Gasteiger partial charge in [-0.25, -0.2) is 4.79 Å². The highest BCUT2D eigenvalue weighted by molar-refractivity contribution is 5.88. The number of nitrogens with zero attached hydrogens (tertiary/aromatic N) is 1. The Kier molecular flexibility index (Phi) is 1.52. The molecule has 56 valence electrons. The highest BCUT2D eigenvalue weighted by atomic mass is 16.4. The van der Waals surface area contributed by atoms with E-state index in [1.807, 2.05) is 0 Å². The topological polar surface area (TPSA) is 100 Å². The highest BCUT2D eigenvalue weighted by Gasteiger charge is 2.15. The minimum absolute atomic E-state index is 0.0602. The molecule has 1 aromatic heterocycles. The lowest BCUT2D eigenvalue weighted by Crippen LogP contribution is -1.95. The molecule has 0 bridgehead atoms. The van der Waals surface area contributed by atoms with Crippen LogP contribution in [0.3, 0.4) is 0 Å². The van der Waals surface area contributed by atoms with Crippen molar-refractivity contribution in [2.24, 2.45) is 0 Å². The smallest absolute Gasteiger partial charge is 0.373 e. The molecular weight excluding hydrogens is 148 g/mol. The van der Waals surface area contributed by atoms with Crippen molar-refractivity contribution in [3.63, 3.8) is 0 Å². The quantitative estimate of drug-likeness (QED) is 0.607. The van der Waals surface area contributed by atoms with Crippen LogP contribution in [0, 0.1) is 11.3 Å². The van der Waals surface area contributed by atoms with Crippen LogP contribution in [-0.2, 0) is 0 Å². The summed E-state index contributed by atoms with van der Waals surface area (Å²) in [6, 6.07) is 2.81. The predicted molar refractivity (Wildman–Crippen MR) is 34.8 cm³/mol. The molecular formula is C6H4N2O3. The average Bonchev–Trinajstić information content (AvgIpc) is 2.30. The highest BCUT2D eigenvalue weighted by Crippen LogP contribution is 2.15. The van der Waals surface area contributed by atoms with E-state index in [0.29, 0.717) is 0 Å². The van der Waals surface area contributed by atoms with Gasteiger partial charge >= 0.3 is 5.97 Å². The molecule has 11 heavy (non-hydrogen) atoms. The molecule has 0 amide bonds. The van der Waals surface area contributed by atoms with Crippen LogP contribution in [0.25, 0.3) is 0 Å². The largest absolute Gasteiger partial charge is 0.475 e. The fourth-order valence-electron chi connectivity index (χ4n) is 0.652. The van der Waals surface area contributed by atoms with Gasteiger partial charge in [0.05, 0.1) is 0 Å². The molecule has 5 nitrogen and oxygen atoms in total. The molecule has 5 heteroatoms. The van der Waals surface area contributed by atoms with Gasteiger partial charge in [-0.15, -0.1) is 0 Å². The number of anilines is 1. The molecule has 0 aliphatic carbocycles. The number of nitriles is 1. The lowest BCUT2D eigenvalue weighted by Gasteiger charge is -1.84. The van der Waals surface area contributed by atoms with Gasteiger partial charge in [-0.05, 0) is 0 Å². The van der Waals surface area contributed by atoms with Crippen LogP contribution in [0.4, 0.5) is 5.88 Å². The van der Waals surface area contributed by atoms with Crippen molar-refractivity contribution >= 4 is 11.9 Å². The molecule has 0 spiro atoms. The van der Waals surface area contributed by atoms with Crippen molar-refractivity contribution in [2.45, 2.75) is 0 Å². The van der Waals surface area contributed by atoms with Gasteiger partial charge in [0.15, 0.2) is 5.88 Å². The number of nitrogen functional groups attached to an aromatic ring is 1. The first-order chi connectivity index (χ1) is 5.15. The Balaban J connectivity index is 3.26. The first-order valence-electron chi connectivity index (χ1n) is 2.68. The van der Waals surface area contributed by atoms with E-state index in [9.17, 15) is 4.79 Å². The molecule has 0 radical (unpaired) electrons. The summed E-state index contributed by atoms with van der Waals surface area (Å²) in [5, 5.41) is 16.8. The standard InChI is InChI=1S/C6H4N2O3/c7-2-3-1-4(8)11-5(3)6(9)10/h1H,8H2,(H,9,10). The Labute approximate surface area is 61.6 Å². The normalized spacial score (nSPS) is 9.00. The zero-order chi connectivity index (χ0) is 8.43. The van der Waals surface area contributed by atoms with E-state index in [1.165, 1.54) is 6.07 Å². The molecule has 0 aliphatic heterocycles. The van der Waals surface area contributed by atoms with Crippen molar-refractivity contribution in [3.8, 4) is 6.07 Å². The Bertz CT molecular complexity index is 334. The third-order valence-electron chi connectivity index (χ3n) is 1.07. The fourth-order valence-corrected chi connectivity index (χ4v) is 0.652. The number of carboxylic acid groups (broad SMARTS) is 1. The molecule has 0 aliphatic rings. The zero-order valence-electron chi connectivity index (χ0n) is 5.37. The molecule has 0 fully saturated rings. The third kappa shape index (κ3) is 1.14. The molecule has 0 saturated heterocycles. The van der Waals surface area contributed by atoms with E-state index in [2.05, 4.69) is 4.42 Å². The van der Waals surface area contributed by atoms with Gasteiger partial charge in [0.25, 0.3) is 0 Å². The second kappa shape index (κ2) is 2.34. The summed E-state index contributed by atoms with van der Waals surface area (Å²) < 4.78 is 4.52. The molecule has 0 saturated carbocycles. The summed E-state index contributed by atoms with van der Waals surface area (Å²) in [6.45, 7) is 0. The number of carboxylic acids is 1. The second-order valence-electron chi connectivity index (χ2n) is 1.81. The molecule has 0 atom stereocenters. The minimum Gasteiger partial charge on any atom is -0.475 e. The van der Waals surface area contributed by atoms with E-state index >= 15 is 0 Å². The van der Waals surface area contributed by atoms with Gasteiger partial charge in [0.2, 0.25) is 5.76 Å². The number of hydrogen-bond acceptors (Lipinski definition) is 4. The van der Waals surface area contributed by atoms with E-state index < -0.39 is 11.7 Å². The minimum atomic E-state index is -1.29. The lowest BCUT2D eigenvalue weighted by atomic mass is 10.3. The van der Waals surface area contributed by atoms with Crippen LogP contribution in [0.15, 0.2) is 10.5 Å². The number of nitrogens with two attached hydrogens (primary N) is 1. The van der Waals surface area contributed by atoms with E-state index in [1.54, 1.807) is 6.07 Å². The van der Waals surface area contributed by atoms with Crippen molar-refractivity contribution in [1.82, 2.24) is 0 Å². The number of rotatable bonds is 1. The monoisotopic (exact) mass is 152 g/mol. The molecule has 0 aromatic carbocycles. The summed E-state index contributed by atoms with van der Waals surface area (Å²) in [7, 11) is 0. The Morgan fingerprint density at radius 3 is 2.82 bits per heavy atom.